The van der Waals surface area contributed by atoms with E-state index in [0.717, 1.165) is 0 Å². The number of carbonyl (C=O) groups is 2. The van der Waals surface area contributed by atoms with Crippen LogP contribution in [0.15, 0.2) is 71.3 Å². The maximum absolute atomic E-state index is 13.4. The molecule has 7 nitrogen and oxygen atoms in total. The van der Waals surface area contributed by atoms with Crippen molar-refractivity contribution in [3.05, 3.63) is 78.5 Å². The van der Waals surface area contributed by atoms with Crippen LogP contribution in [-0.4, -0.2) is 35.0 Å². The van der Waals surface area contributed by atoms with Crippen molar-refractivity contribution in [3.8, 4) is 5.75 Å². The lowest BCUT2D eigenvalue weighted by atomic mass is 10.1. The number of hydrogen-bond acceptors (Lipinski definition) is 5. The van der Waals surface area contributed by atoms with E-state index >= 15 is 0 Å². The quantitative estimate of drug-likeness (QED) is 0.546. The Morgan fingerprint density at radius 2 is 1.88 bits per heavy atom. The molecule has 1 saturated heterocycles. The zero-order valence-corrected chi connectivity index (χ0v) is 18.0. The lowest BCUT2D eigenvalue weighted by molar-refractivity contribution is -0.124. The SMILES string of the molecule is COc1ccc(NC(=O)C[C@H]2C(=O)N(c3ccc(F)cc3)C(=S)N2Cc2ccco2)cc1. The van der Waals surface area contributed by atoms with Gasteiger partial charge in [0.15, 0.2) is 5.11 Å². The standard InChI is InChI=1S/C23H20FN3O4S/c1-30-18-10-6-16(7-11-18)25-21(28)13-20-22(29)27(17-8-4-15(24)5-9-17)23(32)26(20)14-19-3-2-12-31-19/h2-12,20H,13-14H2,1H3,(H,25,28)/t20-/m0/s1. The molecule has 32 heavy (non-hydrogen) atoms. The number of amides is 2. The van der Waals surface area contributed by atoms with Crippen LogP contribution in [0.5, 0.6) is 5.75 Å². The van der Waals surface area contributed by atoms with E-state index in [1.54, 1.807) is 48.4 Å². The molecule has 1 fully saturated rings. The topological polar surface area (TPSA) is 75.0 Å². The van der Waals surface area contributed by atoms with Gasteiger partial charge in [-0.1, -0.05) is 0 Å². The van der Waals surface area contributed by atoms with Crippen molar-refractivity contribution in [1.82, 2.24) is 4.90 Å². The van der Waals surface area contributed by atoms with Gasteiger partial charge in [0, 0.05) is 5.69 Å². The first-order valence-electron chi connectivity index (χ1n) is 9.82. The van der Waals surface area contributed by atoms with Crippen LogP contribution in [0.25, 0.3) is 0 Å². The van der Waals surface area contributed by atoms with Gasteiger partial charge >= 0.3 is 0 Å². The minimum absolute atomic E-state index is 0.122. The zero-order valence-electron chi connectivity index (χ0n) is 17.2. The van der Waals surface area contributed by atoms with Gasteiger partial charge in [-0.15, -0.1) is 0 Å². The first-order valence-corrected chi connectivity index (χ1v) is 10.2. The molecule has 0 spiro atoms. The van der Waals surface area contributed by atoms with Gasteiger partial charge in [-0.05, 0) is 72.9 Å². The van der Waals surface area contributed by atoms with Crippen LogP contribution in [0.1, 0.15) is 12.2 Å². The number of anilines is 2. The molecule has 0 aliphatic carbocycles. The lowest BCUT2D eigenvalue weighted by Crippen LogP contribution is -2.37. The molecule has 2 amide bonds. The molecule has 1 atom stereocenters. The summed E-state index contributed by atoms with van der Waals surface area (Å²) in [6.45, 7) is 0.218. The number of thiocarbonyl (C=S) groups is 1. The molecule has 2 aromatic carbocycles. The molecule has 3 aromatic rings. The Kier molecular flexibility index (Phi) is 6.18. The molecule has 0 bridgehead atoms. The van der Waals surface area contributed by atoms with Crippen LogP contribution in [0.2, 0.25) is 0 Å². The summed E-state index contributed by atoms with van der Waals surface area (Å²) in [5.41, 5.74) is 1.01. The Bertz CT molecular complexity index is 1120. The summed E-state index contributed by atoms with van der Waals surface area (Å²) in [6.07, 6.45) is 1.41. The summed E-state index contributed by atoms with van der Waals surface area (Å²) >= 11 is 5.56. The second-order valence-electron chi connectivity index (χ2n) is 7.14. The third-order valence-corrected chi connectivity index (χ3v) is 5.48. The molecule has 1 aliphatic rings. The van der Waals surface area contributed by atoms with Crippen LogP contribution in [0.3, 0.4) is 0 Å². The van der Waals surface area contributed by atoms with Crippen LogP contribution in [0.4, 0.5) is 15.8 Å². The third kappa shape index (κ3) is 4.47. The summed E-state index contributed by atoms with van der Waals surface area (Å²) in [5.74, 6) is 0.134. The van der Waals surface area contributed by atoms with E-state index in [2.05, 4.69) is 5.32 Å². The number of nitrogens with one attached hydrogen (secondary N) is 1. The summed E-state index contributed by atoms with van der Waals surface area (Å²) in [5, 5.41) is 3.01. The Hall–Kier alpha value is -3.72. The van der Waals surface area contributed by atoms with Crippen LogP contribution >= 0.6 is 12.2 Å². The Balaban J connectivity index is 1.56. The molecule has 9 heteroatoms. The molecule has 1 N–H and O–H groups in total. The predicted octanol–water partition coefficient (Wildman–Crippen LogP) is 3.96. The second kappa shape index (κ2) is 9.19. The van der Waals surface area contributed by atoms with Crippen LogP contribution in [-0.2, 0) is 16.1 Å². The van der Waals surface area contributed by atoms with E-state index < -0.39 is 11.9 Å². The molecule has 0 unspecified atom stereocenters. The maximum atomic E-state index is 13.4. The second-order valence-corrected chi connectivity index (χ2v) is 7.50. The number of halogens is 1. The summed E-state index contributed by atoms with van der Waals surface area (Å²) in [4.78, 5) is 29.0. The van der Waals surface area contributed by atoms with Crippen molar-refractivity contribution < 1.29 is 23.1 Å². The van der Waals surface area contributed by atoms with E-state index in [9.17, 15) is 14.0 Å². The number of benzene rings is 2. The predicted molar refractivity (Wildman–Crippen MR) is 121 cm³/mol. The highest BCUT2D eigenvalue weighted by atomic mass is 32.1. The van der Waals surface area contributed by atoms with E-state index in [0.29, 0.717) is 22.9 Å². The number of rotatable bonds is 7. The van der Waals surface area contributed by atoms with Crippen molar-refractivity contribution in [2.45, 2.75) is 19.0 Å². The lowest BCUT2D eigenvalue weighted by Gasteiger charge is -2.22. The molecule has 164 valence electrons. The number of methoxy groups -OCH3 is 1. The van der Waals surface area contributed by atoms with Crippen LogP contribution < -0.4 is 15.0 Å². The molecular formula is C23H20FN3O4S. The van der Waals surface area contributed by atoms with Gasteiger partial charge in [-0.25, -0.2) is 4.39 Å². The highest BCUT2D eigenvalue weighted by Gasteiger charge is 2.44. The average Bonchev–Trinajstić information content (AvgIpc) is 3.38. The summed E-state index contributed by atoms with van der Waals surface area (Å²) in [7, 11) is 1.56. The maximum Gasteiger partial charge on any atom is 0.256 e. The summed E-state index contributed by atoms with van der Waals surface area (Å²) in [6, 6.07) is 15.0. The molecule has 1 aromatic heterocycles. The summed E-state index contributed by atoms with van der Waals surface area (Å²) < 4.78 is 23.9. The number of ether oxygens (including phenoxy) is 1. The van der Waals surface area contributed by atoms with Crippen LogP contribution in [0, 0.1) is 5.82 Å². The van der Waals surface area contributed by atoms with Gasteiger partial charge in [0.2, 0.25) is 5.91 Å². The van der Waals surface area contributed by atoms with E-state index in [1.807, 2.05) is 0 Å². The Labute approximate surface area is 189 Å². The zero-order chi connectivity index (χ0) is 22.7. The van der Waals surface area contributed by atoms with Gasteiger partial charge in [0.25, 0.3) is 5.91 Å². The number of hydrogen-bond donors (Lipinski definition) is 1. The molecule has 1 aliphatic heterocycles. The average molecular weight is 453 g/mol. The smallest absolute Gasteiger partial charge is 0.256 e. The molecular weight excluding hydrogens is 433 g/mol. The fourth-order valence-corrected chi connectivity index (χ4v) is 3.86. The molecule has 2 heterocycles. The first kappa shape index (κ1) is 21.5. The third-order valence-electron chi connectivity index (χ3n) is 5.06. The van der Waals surface area contributed by atoms with E-state index in [4.69, 9.17) is 21.4 Å². The van der Waals surface area contributed by atoms with Gasteiger partial charge < -0.3 is 19.4 Å². The Morgan fingerprint density at radius 3 is 2.50 bits per heavy atom. The minimum atomic E-state index is -0.837. The minimum Gasteiger partial charge on any atom is -0.497 e. The number of carbonyl (C=O) groups excluding carboxylic acids is 2. The first-order chi connectivity index (χ1) is 15.5. The van der Waals surface area contributed by atoms with E-state index in [-0.39, 0.29) is 29.9 Å². The number of nitrogens with zero attached hydrogens (tertiary/aromatic N) is 2. The van der Waals surface area contributed by atoms with Gasteiger partial charge in [-0.3, -0.25) is 14.5 Å². The van der Waals surface area contributed by atoms with E-state index in [1.165, 1.54) is 35.4 Å². The largest absolute Gasteiger partial charge is 0.497 e. The van der Waals surface area contributed by atoms with Crippen molar-refractivity contribution >= 4 is 40.5 Å². The van der Waals surface area contributed by atoms with Crippen molar-refractivity contribution in [2.24, 2.45) is 0 Å². The van der Waals surface area contributed by atoms with Gasteiger partial charge in [0.1, 0.15) is 23.4 Å². The fourth-order valence-electron chi connectivity index (χ4n) is 3.47. The van der Waals surface area contributed by atoms with Crippen molar-refractivity contribution in [2.75, 3.05) is 17.3 Å². The normalized spacial score (nSPS) is 15.9. The van der Waals surface area contributed by atoms with Crippen molar-refractivity contribution in [3.63, 3.8) is 0 Å². The van der Waals surface area contributed by atoms with Gasteiger partial charge in [-0.2, -0.15) is 0 Å². The van der Waals surface area contributed by atoms with Gasteiger partial charge in [0.05, 0.1) is 32.0 Å². The monoisotopic (exact) mass is 453 g/mol. The highest BCUT2D eigenvalue weighted by molar-refractivity contribution is 7.80. The van der Waals surface area contributed by atoms with Crippen molar-refractivity contribution in [1.29, 1.82) is 0 Å². The Morgan fingerprint density at radius 1 is 1.16 bits per heavy atom. The molecule has 4 rings (SSSR count). The number of furan rings is 1. The fraction of sp³-hybridized carbons (Fsp3) is 0.174. The molecule has 0 radical (unpaired) electrons. The highest BCUT2D eigenvalue weighted by Crippen LogP contribution is 2.29. The molecule has 0 saturated carbocycles.